The molecule has 0 aliphatic heterocycles. The van der Waals surface area contributed by atoms with Crippen LogP contribution in [0.2, 0.25) is 5.02 Å². The summed E-state index contributed by atoms with van der Waals surface area (Å²) >= 11 is 5.70. The third-order valence-corrected chi connectivity index (χ3v) is 4.59. The molecule has 2 aromatic carbocycles. The molecule has 0 saturated carbocycles. The van der Waals surface area contributed by atoms with E-state index in [9.17, 15) is 28.1 Å². The predicted molar refractivity (Wildman–Crippen MR) is 101 cm³/mol. The molecule has 158 valence electrons. The lowest BCUT2D eigenvalue weighted by Crippen LogP contribution is -2.23. The van der Waals surface area contributed by atoms with Crippen LogP contribution in [-0.4, -0.2) is 34.7 Å². The fourth-order valence-electron chi connectivity index (χ4n) is 2.94. The number of nitrogens with zero attached hydrogens (tertiary/aromatic N) is 7. The lowest BCUT2D eigenvalue weighted by atomic mass is 10.1. The molecule has 0 N–H and O–H groups in total. The van der Waals surface area contributed by atoms with Crippen molar-refractivity contribution in [1.29, 1.82) is 0 Å². The Balaban J connectivity index is 1.80. The Bertz CT molecular complexity index is 1380. The molecule has 0 spiro atoms. The van der Waals surface area contributed by atoms with E-state index in [-0.39, 0.29) is 39.7 Å². The fraction of sp³-hybridized carbons (Fsp3) is 0.118. The van der Waals surface area contributed by atoms with Crippen molar-refractivity contribution >= 4 is 28.2 Å². The molecule has 0 atom stereocenters. The third-order valence-electron chi connectivity index (χ3n) is 4.36. The summed E-state index contributed by atoms with van der Waals surface area (Å²) in [5.74, 6) is -0.0958. The highest BCUT2D eigenvalue weighted by Gasteiger charge is 2.35. The van der Waals surface area contributed by atoms with E-state index in [4.69, 9.17) is 11.6 Å². The zero-order valence-electron chi connectivity index (χ0n) is 15.1. The molecule has 0 unspecified atom stereocenters. The molecule has 2 aromatic heterocycles. The summed E-state index contributed by atoms with van der Waals surface area (Å²) < 4.78 is 42.3. The van der Waals surface area contributed by atoms with Crippen LogP contribution in [0, 0.1) is 10.1 Å². The first kappa shape index (κ1) is 20.4. The van der Waals surface area contributed by atoms with Crippen molar-refractivity contribution in [2.24, 2.45) is 0 Å². The molecule has 0 bridgehead atoms. The van der Waals surface area contributed by atoms with Gasteiger partial charge in [0.25, 0.3) is 11.2 Å². The summed E-state index contributed by atoms with van der Waals surface area (Å²) in [7, 11) is 0. The second-order valence-corrected chi connectivity index (χ2v) is 6.74. The van der Waals surface area contributed by atoms with Gasteiger partial charge in [0.15, 0.2) is 5.82 Å². The minimum atomic E-state index is -4.73. The second-order valence-electron chi connectivity index (χ2n) is 6.30. The molecule has 0 radical (unpaired) electrons. The summed E-state index contributed by atoms with van der Waals surface area (Å²) in [5, 5.41) is 21.5. The highest BCUT2D eigenvalue weighted by molar-refractivity contribution is 6.30. The van der Waals surface area contributed by atoms with Gasteiger partial charge in [0.1, 0.15) is 0 Å². The first-order valence-corrected chi connectivity index (χ1v) is 8.81. The zero-order valence-corrected chi connectivity index (χ0v) is 15.9. The molecule has 2 heterocycles. The van der Waals surface area contributed by atoms with Gasteiger partial charge < -0.3 is 0 Å². The summed E-state index contributed by atoms with van der Waals surface area (Å²) in [5.41, 5.74) is -2.16. The fourth-order valence-corrected chi connectivity index (χ4v) is 3.11. The van der Waals surface area contributed by atoms with Crippen molar-refractivity contribution in [2.45, 2.75) is 12.7 Å². The number of nitro benzene ring substituents is 1. The Hall–Kier alpha value is -3.87. The minimum Gasteiger partial charge on any atom is -0.291 e. The van der Waals surface area contributed by atoms with Crippen LogP contribution < -0.4 is 5.56 Å². The molecule has 31 heavy (non-hydrogen) atoms. The van der Waals surface area contributed by atoms with E-state index < -0.39 is 22.2 Å². The molecular formula is C17H9ClF3N7O3. The van der Waals surface area contributed by atoms with E-state index in [0.29, 0.717) is 0 Å². The van der Waals surface area contributed by atoms with Crippen molar-refractivity contribution < 1.29 is 18.1 Å². The van der Waals surface area contributed by atoms with Gasteiger partial charge in [-0.3, -0.25) is 19.5 Å². The number of rotatable bonds is 4. The van der Waals surface area contributed by atoms with Gasteiger partial charge in [0.2, 0.25) is 0 Å². The summed E-state index contributed by atoms with van der Waals surface area (Å²) in [4.78, 5) is 27.2. The van der Waals surface area contributed by atoms with Gasteiger partial charge in [0, 0.05) is 17.2 Å². The van der Waals surface area contributed by atoms with Crippen LogP contribution in [0.15, 0.2) is 47.5 Å². The van der Waals surface area contributed by atoms with Crippen molar-refractivity contribution in [3.05, 3.63) is 79.6 Å². The second kappa shape index (κ2) is 7.43. The number of non-ortho nitro benzene ring substituents is 1. The van der Waals surface area contributed by atoms with Crippen LogP contribution >= 0.6 is 11.6 Å². The quantitative estimate of drug-likeness (QED) is 0.345. The number of nitro groups is 1. The Morgan fingerprint density at radius 1 is 1.16 bits per heavy atom. The molecule has 4 aromatic rings. The number of tetrazole rings is 1. The van der Waals surface area contributed by atoms with E-state index >= 15 is 0 Å². The normalized spacial score (nSPS) is 11.7. The number of halogens is 4. The Morgan fingerprint density at radius 2 is 1.94 bits per heavy atom. The molecule has 0 amide bonds. The van der Waals surface area contributed by atoms with Gasteiger partial charge in [0.05, 0.1) is 39.9 Å². The van der Waals surface area contributed by atoms with Gasteiger partial charge >= 0.3 is 6.18 Å². The first-order chi connectivity index (χ1) is 14.6. The minimum absolute atomic E-state index is 0.0294. The Kier molecular flexibility index (Phi) is 4.89. The Morgan fingerprint density at radius 3 is 2.65 bits per heavy atom. The summed E-state index contributed by atoms with van der Waals surface area (Å²) in [6.45, 7) is -0.336. The van der Waals surface area contributed by atoms with Gasteiger partial charge in [-0.1, -0.05) is 11.6 Å². The van der Waals surface area contributed by atoms with Gasteiger partial charge in [-0.2, -0.15) is 17.9 Å². The molecule has 0 aliphatic carbocycles. The van der Waals surface area contributed by atoms with Gasteiger partial charge in [-0.25, -0.2) is 4.98 Å². The van der Waals surface area contributed by atoms with Crippen molar-refractivity contribution in [3.8, 4) is 5.69 Å². The van der Waals surface area contributed by atoms with Gasteiger partial charge in [-0.05, 0) is 34.7 Å². The van der Waals surface area contributed by atoms with Crippen molar-refractivity contribution in [2.75, 3.05) is 0 Å². The van der Waals surface area contributed by atoms with Crippen LogP contribution in [0.3, 0.4) is 0 Å². The van der Waals surface area contributed by atoms with Gasteiger partial charge in [-0.15, -0.1) is 5.10 Å². The SMILES string of the molecule is O=c1c2cc([N+](=O)[O-])ccc2ncn1Cc1nnnn1-c1ccc(Cl)cc1C(F)(F)F. The lowest BCUT2D eigenvalue weighted by molar-refractivity contribution is -0.384. The number of alkyl halides is 3. The standard InChI is InChI=1S/C17H9ClF3N7O3/c18-9-1-4-14(12(5-9)17(19,20)21)27-15(23-24-25-27)7-26-8-22-13-3-2-10(28(30)31)6-11(13)16(26)29/h1-6,8H,7H2. The largest absolute Gasteiger partial charge is 0.418 e. The maximum atomic E-state index is 13.5. The molecule has 0 aliphatic rings. The lowest BCUT2D eigenvalue weighted by Gasteiger charge is -2.14. The average Bonchev–Trinajstić information content (AvgIpc) is 3.17. The number of benzene rings is 2. The first-order valence-electron chi connectivity index (χ1n) is 8.43. The van der Waals surface area contributed by atoms with E-state index in [1.54, 1.807) is 0 Å². The molecule has 0 saturated heterocycles. The molecular weight excluding hydrogens is 443 g/mol. The monoisotopic (exact) mass is 451 g/mol. The predicted octanol–water partition coefficient (Wildman–Crippen LogP) is 3.00. The topological polar surface area (TPSA) is 122 Å². The van der Waals surface area contributed by atoms with Crippen LogP contribution in [-0.2, 0) is 12.7 Å². The maximum Gasteiger partial charge on any atom is 0.418 e. The van der Waals surface area contributed by atoms with E-state index in [0.717, 1.165) is 33.8 Å². The van der Waals surface area contributed by atoms with Crippen molar-refractivity contribution in [1.82, 2.24) is 29.8 Å². The van der Waals surface area contributed by atoms with E-state index in [2.05, 4.69) is 20.5 Å². The molecule has 4 rings (SSSR count). The number of fused-ring (bicyclic) bond motifs is 1. The molecule has 10 nitrogen and oxygen atoms in total. The van der Waals surface area contributed by atoms with Crippen LogP contribution in [0.25, 0.3) is 16.6 Å². The van der Waals surface area contributed by atoms with E-state index in [1.165, 1.54) is 18.2 Å². The zero-order chi connectivity index (χ0) is 22.3. The number of hydrogen-bond donors (Lipinski definition) is 0. The van der Waals surface area contributed by atoms with E-state index in [1.807, 2.05) is 0 Å². The van der Waals surface area contributed by atoms with Crippen LogP contribution in [0.5, 0.6) is 0 Å². The van der Waals surface area contributed by atoms with Crippen LogP contribution in [0.4, 0.5) is 18.9 Å². The Labute approximate surface area is 174 Å². The smallest absolute Gasteiger partial charge is 0.291 e. The van der Waals surface area contributed by atoms with Crippen LogP contribution in [0.1, 0.15) is 11.4 Å². The summed E-state index contributed by atoms with van der Waals surface area (Å²) in [6, 6.07) is 6.71. The molecule has 14 heteroatoms. The highest BCUT2D eigenvalue weighted by Crippen LogP contribution is 2.35. The molecule has 0 fully saturated rings. The summed E-state index contributed by atoms with van der Waals surface area (Å²) in [6.07, 6.45) is -3.58. The maximum absolute atomic E-state index is 13.5. The number of aromatic nitrogens is 6. The average molecular weight is 452 g/mol. The highest BCUT2D eigenvalue weighted by atomic mass is 35.5. The van der Waals surface area contributed by atoms with Crippen molar-refractivity contribution in [3.63, 3.8) is 0 Å². The third kappa shape index (κ3) is 3.82. The number of hydrogen-bond acceptors (Lipinski definition) is 7.